The monoisotopic (exact) mass is 334 g/mol. The van der Waals surface area contributed by atoms with E-state index in [4.69, 9.17) is 0 Å². The predicted molar refractivity (Wildman–Crippen MR) is 103 cm³/mol. The first kappa shape index (κ1) is 18.7. The highest BCUT2D eigenvalue weighted by atomic mass is 16.3. The van der Waals surface area contributed by atoms with Crippen molar-refractivity contribution < 1.29 is 5.11 Å². The molecule has 0 aromatic rings. The number of fused-ring (bicyclic) bond motifs is 5. The molecule has 140 valence electrons. The van der Waals surface area contributed by atoms with E-state index in [0.29, 0.717) is 16.7 Å². The van der Waals surface area contributed by atoms with Crippen molar-refractivity contribution in [3.8, 4) is 0 Å². The topological polar surface area (TPSA) is 20.2 Å². The predicted octanol–water partition coefficient (Wildman–Crippen LogP) is 6.30. The SMILES string of the molecule is C.CC(C)C1CCC2C3C(CC[C@]12C)[C@@]1(C)CCCCC1C[C@H]3O. The van der Waals surface area contributed by atoms with Crippen LogP contribution in [0.1, 0.15) is 92.9 Å². The Bertz CT molecular complexity index is 457. The van der Waals surface area contributed by atoms with E-state index >= 15 is 0 Å². The van der Waals surface area contributed by atoms with Gasteiger partial charge in [0.15, 0.2) is 0 Å². The Morgan fingerprint density at radius 1 is 0.875 bits per heavy atom. The summed E-state index contributed by atoms with van der Waals surface area (Å²) in [6, 6.07) is 0. The van der Waals surface area contributed by atoms with Crippen LogP contribution in [0.2, 0.25) is 0 Å². The quantitative estimate of drug-likeness (QED) is 0.596. The summed E-state index contributed by atoms with van der Waals surface area (Å²) in [5.74, 6) is 4.71. The van der Waals surface area contributed by atoms with Gasteiger partial charge in [0.05, 0.1) is 6.10 Å². The third-order valence-electron chi connectivity index (χ3n) is 9.48. The zero-order valence-corrected chi connectivity index (χ0v) is 15.9. The maximum Gasteiger partial charge on any atom is 0.0577 e. The maximum absolute atomic E-state index is 11.1. The molecule has 4 rings (SSSR count). The van der Waals surface area contributed by atoms with E-state index < -0.39 is 0 Å². The van der Waals surface area contributed by atoms with E-state index in [0.717, 1.165) is 36.0 Å². The molecular weight excluding hydrogens is 292 g/mol. The molecule has 0 bridgehead atoms. The van der Waals surface area contributed by atoms with Crippen LogP contribution >= 0.6 is 0 Å². The molecule has 1 heteroatoms. The van der Waals surface area contributed by atoms with Crippen molar-refractivity contribution in [3.05, 3.63) is 0 Å². The van der Waals surface area contributed by atoms with Gasteiger partial charge < -0.3 is 5.11 Å². The molecule has 0 spiro atoms. The molecule has 1 N–H and O–H groups in total. The van der Waals surface area contributed by atoms with Crippen molar-refractivity contribution in [2.24, 2.45) is 46.3 Å². The summed E-state index contributed by atoms with van der Waals surface area (Å²) in [6.45, 7) is 10.1. The van der Waals surface area contributed by atoms with E-state index in [1.807, 2.05) is 0 Å². The lowest BCUT2D eigenvalue weighted by Gasteiger charge is -2.62. The van der Waals surface area contributed by atoms with Gasteiger partial charge in [-0.05, 0) is 91.3 Å². The zero-order chi connectivity index (χ0) is 16.4. The van der Waals surface area contributed by atoms with E-state index in [2.05, 4.69) is 27.7 Å². The Hall–Kier alpha value is -0.0400. The molecule has 4 aliphatic rings. The Balaban J connectivity index is 0.00000169. The number of aliphatic hydroxyl groups is 1. The minimum atomic E-state index is -0.00767. The van der Waals surface area contributed by atoms with Crippen molar-refractivity contribution in [1.29, 1.82) is 0 Å². The third kappa shape index (κ3) is 2.43. The van der Waals surface area contributed by atoms with Crippen molar-refractivity contribution in [1.82, 2.24) is 0 Å². The first-order valence-corrected chi connectivity index (χ1v) is 10.6. The number of hydrogen-bond acceptors (Lipinski definition) is 1. The second-order valence-electron chi connectivity index (χ2n) is 10.5. The molecule has 24 heavy (non-hydrogen) atoms. The number of hydrogen-bond donors (Lipinski definition) is 1. The number of aliphatic hydroxyl groups excluding tert-OH is 1. The molecule has 4 aliphatic carbocycles. The summed E-state index contributed by atoms with van der Waals surface area (Å²) in [7, 11) is 0. The first-order chi connectivity index (χ1) is 10.9. The van der Waals surface area contributed by atoms with Crippen LogP contribution < -0.4 is 0 Å². The van der Waals surface area contributed by atoms with Crippen molar-refractivity contribution in [2.45, 2.75) is 99.0 Å². The average molecular weight is 335 g/mol. The molecule has 0 aliphatic heterocycles. The highest BCUT2D eigenvalue weighted by molar-refractivity contribution is 5.11. The summed E-state index contributed by atoms with van der Waals surface area (Å²) in [6.07, 6.45) is 12.4. The first-order valence-electron chi connectivity index (χ1n) is 10.6. The zero-order valence-electron chi connectivity index (χ0n) is 15.9. The lowest BCUT2D eigenvalue weighted by Crippen LogP contribution is -2.57. The molecule has 0 aromatic heterocycles. The van der Waals surface area contributed by atoms with Crippen molar-refractivity contribution >= 4 is 0 Å². The Labute approximate surface area is 151 Å². The summed E-state index contributed by atoms with van der Waals surface area (Å²) in [5.41, 5.74) is 1.05. The minimum Gasteiger partial charge on any atom is -0.393 e. The highest BCUT2D eigenvalue weighted by Gasteiger charge is 2.62. The molecule has 5 unspecified atom stereocenters. The van der Waals surface area contributed by atoms with E-state index in [1.54, 1.807) is 0 Å². The van der Waals surface area contributed by atoms with Gasteiger partial charge in [0.25, 0.3) is 0 Å². The van der Waals surface area contributed by atoms with Gasteiger partial charge in [-0.1, -0.05) is 48.0 Å². The van der Waals surface area contributed by atoms with Gasteiger partial charge in [0, 0.05) is 0 Å². The molecule has 0 radical (unpaired) electrons. The van der Waals surface area contributed by atoms with Crippen LogP contribution in [0.15, 0.2) is 0 Å². The van der Waals surface area contributed by atoms with Crippen LogP contribution in [0.3, 0.4) is 0 Å². The van der Waals surface area contributed by atoms with Crippen molar-refractivity contribution in [2.75, 3.05) is 0 Å². The fraction of sp³-hybridized carbons (Fsp3) is 1.00. The number of rotatable bonds is 1. The van der Waals surface area contributed by atoms with Crippen LogP contribution in [-0.4, -0.2) is 11.2 Å². The van der Waals surface area contributed by atoms with Gasteiger partial charge in [0.2, 0.25) is 0 Å². The second-order valence-corrected chi connectivity index (χ2v) is 10.5. The van der Waals surface area contributed by atoms with Crippen LogP contribution in [0.5, 0.6) is 0 Å². The van der Waals surface area contributed by atoms with Gasteiger partial charge in [-0.3, -0.25) is 0 Å². The van der Waals surface area contributed by atoms with Crippen LogP contribution in [-0.2, 0) is 0 Å². The molecule has 0 amide bonds. The Kier molecular flexibility index (Phi) is 4.91. The van der Waals surface area contributed by atoms with Gasteiger partial charge in [-0.25, -0.2) is 0 Å². The van der Waals surface area contributed by atoms with Crippen molar-refractivity contribution in [3.63, 3.8) is 0 Å². The average Bonchev–Trinajstić information content (AvgIpc) is 2.85. The van der Waals surface area contributed by atoms with Crippen LogP contribution in [0.25, 0.3) is 0 Å². The van der Waals surface area contributed by atoms with E-state index in [-0.39, 0.29) is 13.5 Å². The molecule has 0 heterocycles. The molecule has 4 saturated carbocycles. The summed E-state index contributed by atoms with van der Waals surface area (Å²) >= 11 is 0. The fourth-order valence-electron chi connectivity index (χ4n) is 8.39. The fourth-order valence-corrected chi connectivity index (χ4v) is 8.39. The van der Waals surface area contributed by atoms with E-state index in [9.17, 15) is 5.11 Å². The normalized spacial score (nSPS) is 53.8. The third-order valence-corrected chi connectivity index (χ3v) is 9.48. The Morgan fingerprint density at radius 2 is 1.58 bits per heavy atom. The summed E-state index contributed by atoms with van der Waals surface area (Å²) in [4.78, 5) is 0. The molecular formula is C23H42O. The summed E-state index contributed by atoms with van der Waals surface area (Å²) in [5, 5.41) is 11.1. The molecule has 1 nitrogen and oxygen atoms in total. The molecule has 0 saturated heterocycles. The second kappa shape index (κ2) is 6.29. The van der Waals surface area contributed by atoms with Gasteiger partial charge >= 0.3 is 0 Å². The van der Waals surface area contributed by atoms with Gasteiger partial charge in [-0.15, -0.1) is 0 Å². The Morgan fingerprint density at radius 3 is 2.29 bits per heavy atom. The molecule has 0 aromatic carbocycles. The van der Waals surface area contributed by atoms with Gasteiger partial charge in [0.1, 0.15) is 0 Å². The van der Waals surface area contributed by atoms with Crippen LogP contribution in [0.4, 0.5) is 0 Å². The van der Waals surface area contributed by atoms with Gasteiger partial charge in [-0.2, -0.15) is 0 Å². The smallest absolute Gasteiger partial charge is 0.0577 e. The summed E-state index contributed by atoms with van der Waals surface area (Å²) < 4.78 is 0. The van der Waals surface area contributed by atoms with Crippen LogP contribution in [0, 0.1) is 46.3 Å². The minimum absolute atomic E-state index is 0. The largest absolute Gasteiger partial charge is 0.393 e. The van der Waals surface area contributed by atoms with E-state index in [1.165, 1.54) is 51.4 Å². The molecule has 8 atom stereocenters. The lowest BCUT2D eigenvalue weighted by atomic mass is 9.44. The molecule has 4 fully saturated rings. The highest BCUT2D eigenvalue weighted by Crippen LogP contribution is 2.68. The standard InChI is InChI=1S/C22H38O.CH4/c1-14(2)16-8-9-17-20-18(10-12-22(16,17)4)21(3)11-6-5-7-15(21)13-19(20)23;/h14-20,23H,5-13H2,1-4H3;1H4/t15?,16?,17?,18?,19-,20?,21+,22-;/m1./s1. The maximum atomic E-state index is 11.1. The lowest BCUT2D eigenvalue weighted by molar-refractivity contribution is -0.164.